The van der Waals surface area contributed by atoms with Crippen LogP contribution >= 0.6 is 0 Å². The number of nitrogens with one attached hydrogen (secondary N) is 1. The molecule has 5 heteroatoms. The number of unbranched alkanes of at least 4 members (excludes halogenated alkanes) is 1. The van der Waals surface area contributed by atoms with E-state index in [-0.39, 0.29) is 11.9 Å². The molecule has 0 bridgehead atoms. The van der Waals surface area contributed by atoms with Gasteiger partial charge in [-0.2, -0.15) is 0 Å². The van der Waals surface area contributed by atoms with Crippen molar-refractivity contribution in [2.45, 2.75) is 53.0 Å². The summed E-state index contributed by atoms with van der Waals surface area (Å²) >= 11 is 0. The van der Waals surface area contributed by atoms with Gasteiger partial charge in [0.25, 0.3) is 5.91 Å². The smallest absolute Gasteiger partial charge is 0.254 e. The lowest BCUT2D eigenvalue weighted by molar-refractivity contribution is 0.0685. The predicted octanol–water partition coefficient (Wildman–Crippen LogP) is 2.72. The molecule has 5 nitrogen and oxygen atoms in total. The van der Waals surface area contributed by atoms with Crippen LogP contribution in [-0.2, 0) is 0 Å². The van der Waals surface area contributed by atoms with Gasteiger partial charge in [-0.25, -0.2) is 10.8 Å². The maximum Gasteiger partial charge on any atom is 0.254 e. The molecule has 1 aromatic heterocycles. The Hall–Kier alpha value is -1.62. The first kappa shape index (κ1) is 16.4. The van der Waals surface area contributed by atoms with Crippen LogP contribution in [0.4, 0.5) is 5.82 Å². The van der Waals surface area contributed by atoms with Crippen LogP contribution in [0.3, 0.4) is 0 Å². The topological polar surface area (TPSA) is 71.2 Å². The number of amides is 1. The van der Waals surface area contributed by atoms with Gasteiger partial charge in [-0.15, -0.1) is 0 Å². The first-order valence-electron chi connectivity index (χ1n) is 7.29. The molecular formula is C15H26N4O. The molecule has 1 rings (SSSR count). The third-order valence-electron chi connectivity index (χ3n) is 3.48. The van der Waals surface area contributed by atoms with Crippen molar-refractivity contribution < 1.29 is 4.79 Å². The largest absolute Gasteiger partial charge is 0.336 e. The molecule has 0 aliphatic rings. The van der Waals surface area contributed by atoms with Crippen molar-refractivity contribution in [2.24, 2.45) is 5.84 Å². The van der Waals surface area contributed by atoms with Crippen LogP contribution in [0, 0.1) is 6.92 Å². The van der Waals surface area contributed by atoms with Crippen LogP contribution in [0.15, 0.2) is 12.1 Å². The van der Waals surface area contributed by atoms with Gasteiger partial charge in [0.2, 0.25) is 0 Å². The van der Waals surface area contributed by atoms with Gasteiger partial charge in [0, 0.05) is 23.8 Å². The number of hydrogen-bond donors (Lipinski definition) is 2. The van der Waals surface area contributed by atoms with E-state index in [1.165, 1.54) is 0 Å². The van der Waals surface area contributed by atoms with E-state index in [0.717, 1.165) is 31.5 Å². The number of pyridine rings is 1. The fourth-order valence-corrected chi connectivity index (χ4v) is 2.10. The Morgan fingerprint density at radius 3 is 2.70 bits per heavy atom. The number of aryl methyl sites for hydroxylation is 1. The Labute approximate surface area is 121 Å². The van der Waals surface area contributed by atoms with E-state index in [2.05, 4.69) is 31.2 Å². The molecule has 112 valence electrons. The van der Waals surface area contributed by atoms with Gasteiger partial charge in [0.15, 0.2) is 0 Å². The number of nitrogen functional groups attached to an aromatic ring is 1. The summed E-state index contributed by atoms with van der Waals surface area (Å²) in [5.74, 6) is 5.96. The monoisotopic (exact) mass is 278 g/mol. The minimum absolute atomic E-state index is 0.0507. The van der Waals surface area contributed by atoms with Gasteiger partial charge in [0.05, 0.1) is 0 Å². The van der Waals surface area contributed by atoms with Crippen LogP contribution in [0.2, 0.25) is 0 Å². The van der Waals surface area contributed by atoms with Crippen molar-refractivity contribution in [3.05, 3.63) is 23.4 Å². The normalized spacial score (nSPS) is 12.1. The highest BCUT2D eigenvalue weighted by atomic mass is 16.2. The van der Waals surface area contributed by atoms with Gasteiger partial charge in [-0.1, -0.05) is 20.3 Å². The average Bonchev–Trinajstić information content (AvgIpc) is 2.46. The van der Waals surface area contributed by atoms with Gasteiger partial charge >= 0.3 is 0 Å². The van der Waals surface area contributed by atoms with E-state index in [4.69, 9.17) is 5.84 Å². The van der Waals surface area contributed by atoms with Crippen LogP contribution in [-0.4, -0.2) is 28.4 Å². The number of nitrogens with two attached hydrogens (primary N) is 1. The highest BCUT2D eigenvalue weighted by Crippen LogP contribution is 2.15. The molecule has 1 amide bonds. The highest BCUT2D eigenvalue weighted by Gasteiger charge is 2.20. The third kappa shape index (κ3) is 4.20. The number of carbonyl (C=O) groups is 1. The summed E-state index contributed by atoms with van der Waals surface area (Å²) in [6, 6.07) is 3.75. The van der Waals surface area contributed by atoms with E-state index in [0.29, 0.717) is 11.4 Å². The van der Waals surface area contributed by atoms with Gasteiger partial charge < -0.3 is 10.3 Å². The second-order valence-corrected chi connectivity index (χ2v) is 5.14. The lowest BCUT2D eigenvalue weighted by Crippen LogP contribution is -2.39. The van der Waals surface area contributed by atoms with E-state index in [9.17, 15) is 4.79 Å². The van der Waals surface area contributed by atoms with E-state index >= 15 is 0 Å². The van der Waals surface area contributed by atoms with Gasteiger partial charge in [-0.05, 0) is 38.8 Å². The summed E-state index contributed by atoms with van der Waals surface area (Å²) in [7, 11) is 0. The van der Waals surface area contributed by atoms with Gasteiger partial charge in [-0.3, -0.25) is 4.79 Å². The second kappa shape index (κ2) is 7.85. The Kier molecular flexibility index (Phi) is 6.45. The lowest BCUT2D eigenvalue weighted by Gasteiger charge is -2.29. The summed E-state index contributed by atoms with van der Waals surface area (Å²) in [4.78, 5) is 18.9. The molecule has 0 radical (unpaired) electrons. The maximum absolute atomic E-state index is 12.7. The molecule has 0 spiro atoms. The summed E-state index contributed by atoms with van der Waals surface area (Å²) in [6.45, 7) is 8.96. The third-order valence-corrected chi connectivity index (χ3v) is 3.48. The zero-order valence-corrected chi connectivity index (χ0v) is 12.9. The van der Waals surface area contributed by atoms with Crippen molar-refractivity contribution in [2.75, 3.05) is 12.0 Å². The number of aromatic nitrogens is 1. The number of rotatable bonds is 7. The SMILES string of the molecule is CCCCN(C(=O)c1cc(C)nc(NN)c1)C(C)CC. The minimum Gasteiger partial charge on any atom is -0.336 e. The first-order valence-corrected chi connectivity index (χ1v) is 7.29. The highest BCUT2D eigenvalue weighted by molar-refractivity contribution is 5.95. The van der Waals surface area contributed by atoms with Crippen molar-refractivity contribution >= 4 is 11.7 Å². The molecule has 1 atom stereocenters. The Morgan fingerprint density at radius 2 is 2.15 bits per heavy atom. The quantitative estimate of drug-likeness (QED) is 0.594. The molecule has 1 aromatic rings. The molecule has 0 aromatic carbocycles. The maximum atomic E-state index is 12.7. The van der Waals surface area contributed by atoms with Gasteiger partial charge in [0.1, 0.15) is 5.82 Å². The zero-order valence-electron chi connectivity index (χ0n) is 12.9. The molecular weight excluding hydrogens is 252 g/mol. The number of carbonyl (C=O) groups excluding carboxylic acids is 1. The zero-order chi connectivity index (χ0) is 15.1. The van der Waals surface area contributed by atoms with E-state index in [1.807, 2.05) is 17.9 Å². The number of hydrogen-bond acceptors (Lipinski definition) is 4. The number of anilines is 1. The van der Waals surface area contributed by atoms with Crippen molar-refractivity contribution in [1.29, 1.82) is 0 Å². The number of hydrazine groups is 1. The average molecular weight is 278 g/mol. The van der Waals surface area contributed by atoms with Crippen LogP contribution < -0.4 is 11.3 Å². The van der Waals surface area contributed by atoms with E-state index in [1.54, 1.807) is 6.07 Å². The molecule has 0 saturated carbocycles. The van der Waals surface area contributed by atoms with Crippen molar-refractivity contribution in [3.8, 4) is 0 Å². The molecule has 20 heavy (non-hydrogen) atoms. The molecule has 0 aliphatic heterocycles. The Morgan fingerprint density at radius 1 is 1.45 bits per heavy atom. The van der Waals surface area contributed by atoms with Crippen LogP contribution in [0.5, 0.6) is 0 Å². The predicted molar refractivity (Wildman–Crippen MR) is 82.5 cm³/mol. The molecule has 3 N–H and O–H groups in total. The fourth-order valence-electron chi connectivity index (χ4n) is 2.10. The molecule has 1 unspecified atom stereocenters. The molecule has 0 saturated heterocycles. The molecule has 1 heterocycles. The molecule has 0 fully saturated rings. The summed E-state index contributed by atoms with van der Waals surface area (Å²) in [6.07, 6.45) is 3.04. The second-order valence-electron chi connectivity index (χ2n) is 5.14. The molecule has 0 aliphatic carbocycles. The lowest BCUT2D eigenvalue weighted by atomic mass is 10.1. The van der Waals surface area contributed by atoms with Crippen LogP contribution in [0.1, 0.15) is 56.1 Å². The summed E-state index contributed by atoms with van der Waals surface area (Å²) in [5.41, 5.74) is 3.93. The standard InChI is InChI=1S/C15H26N4O/c1-5-7-8-19(12(4)6-2)15(20)13-9-11(3)17-14(10-13)18-16/h9-10,12H,5-8,16H2,1-4H3,(H,17,18). The summed E-state index contributed by atoms with van der Waals surface area (Å²) < 4.78 is 0. The fraction of sp³-hybridized carbons (Fsp3) is 0.600. The van der Waals surface area contributed by atoms with E-state index < -0.39 is 0 Å². The minimum atomic E-state index is 0.0507. The Balaban J connectivity index is 3.01. The van der Waals surface area contributed by atoms with Crippen molar-refractivity contribution in [1.82, 2.24) is 9.88 Å². The first-order chi connectivity index (χ1) is 9.53. The van der Waals surface area contributed by atoms with Crippen LogP contribution in [0.25, 0.3) is 0 Å². The summed E-state index contributed by atoms with van der Waals surface area (Å²) in [5, 5.41) is 0. The van der Waals surface area contributed by atoms with Crippen molar-refractivity contribution in [3.63, 3.8) is 0 Å². The number of nitrogens with zero attached hydrogens (tertiary/aromatic N) is 2. The Bertz CT molecular complexity index is 447.